The van der Waals surface area contributed by atoms with Gasteiger partial charge in [0.2, 0.25) is 0 Å². The molecule has 4 heterocycles. The van der Waals surface area contributed by atoms with Gasteiger partial charge >= 0.3 is 0 Å². The number of Topliss-reactive ketones (excluding diaryl/α,β-unsaturated/α-hetero) is 1. The Kier molecular flexibility index (Phi) is 6.42. The van der Waals surface area contributed by atoms with Crippen LogP contribution in [0.3, 0.4) is 0 Å². The van der Waals surface area contributed by atoms with Gasteiger partial charge in [0.25, 0.3) is 11.7 Å². The zero-order valence-corrected chi connectivity index (χ0v) is 20.0. The fraction of sp³-hybridized carbons (Fsp3) is 0.192. The minimum atomic E-state index is -0.637. The second kappa shape index (κ2) is 9.97. The maximum Gasteiger partial charge on any atom is 0.295 e. The molecule has 4 aromatic rings. The first-order valence-electron chi connectivity index (χ1n) is 11.6. The molecule has 0 saturated carbocycles. The van der Waals surface area contributed by atoms with E-state index in [0.717, 1.165) is 5.56 Å². The van der Waals surface area contributed by atoms with Gasteiger partial charge in [-0.05, 0) is 18.1 Å². The average molecular weight is 498 g/mol. The molecule has 0 radical (unpaired) electrons. The number of amides is 1. The SMILES string of the molecule is Cc1cnc(-n2cncn2)c2[nH]cc(C(=O)C(=O)N3CCN(/C(C=O)=C(/C=O)c4ccccc4)CC3)c12. The standard InChI is InChI=1S/C26H23N7O4/c1-17-11-29-25(33-16-27-15-30-33)23-22(17)19(12-28-23)24(36)26(37)32-9-7-31(8-10-32)21(14-35)20(13-34)18-5-3-2-4-6-18/h2-6,11-16,28H,7-10H2,1H3/b21-20-. The summed E-state index contributed by atoms with van der Waals surface area (Å²) >= 11 is 0. The minimum Gasteiger partial charge on any atom is -0.365 e. The number of aldehydes is 2. The molecule has 11 nitrogen and oxygen atoms in total. The lowest BCUT2D eigenvalue weighted by Crippen LogP contribution is -2.50. The highest BCUT2D eigenvalue weighted by atomic mass is 16.2. The summed E-state index contributed by atoms with van der Waals surface area (Å²) in [6.07, 6.45) is 7.35. The van der Waals surface area contributed by atoms with Crippen molar-refractivity contribution >= 4 is 40.7 Å². The van der Waals surface area contributed by atoms with Crippen LogP contribution in [0.5, 0.6) is 0 Å². The second-order valence-corrected chi connectivity index (χ2v) is 8.57. The molecule has 1 amide bonds. The van der Waals surface area contributed by atoms with Crippen molar-refractivity contribution in [3.63, 3.8) is 0 Å². The average Bonchev–Trinajstić information content (AvgIpc) is 3.63. The van der Waals surface area contributed by atoms with Crippen LogP contribution in [-0.2, 0) is 14.4 Å². The summed E-state index contributed by atoms with van der Waals surface area (Å²) < 4.78 is 1.48. The molecular weight excluding hydrogens is 474 g/mol. The maximum absolute atomic E-state index is 13.3. The van der Waals surface area contributed by atoms with Crippen LogP contribution in [0.1, 0.15) is 21.5 Å². The smallest absolute Gasteiger partial charge is 0.295 e. The Morgan fingerprint density at radius 3 is 2.38 bits per heavy atom. The number of aromatic amines is 1. The highest BCUT2D eigenvalue weighted by Crippen LogP contribution is 2.27. The van der Waals surface area contributed by atoms with E-state index < -0.39 is 11.7 Å². The topological polar surface area (TPSA) is 134 Å². The van der Waals surface area contributed by atoms with E-state index in [1.807, 2.05) is 13.0 Å². The lowest BCUT2D eigenvalue weighted by molar-refractivity contribution is -0.127. The van der Waals surface area contributed by atoms with Crippen molar-refractivity contribution in [2.24, 2.45) is 0 Å². The minimum absolute atomic E-state index is 0.232. The molecule has 37 heavy (non-hydrogen) atoms. The van der Waals surface area contributed by atoms with Crippen LogP contribution < -0.4 is 0 Å². The molecule has 0 atom stereocenters. The van der Waals surface area contributed by atoms with Crippen molar-refractivity contribution < 1.29 is 19.2 Å². The number of fused-ring (bicyclic) bond motifs is 1. The zero-order valence-electron chi connectivity index (χ0n) is 20.0. The number of ketones is 1. The summed E-state index contributed by atoms with van der Waals surface area (Å²) in [7, 11) is 0. The Morgan fingerprint density at radius 2 is 1.73 bits per heavy atom. The summed E-state index contributed by atoms with van der Waals surface area (Å²) in [4.78, 5) is 64.8. The number of aryl methyl sites for hydroxylation is 1. The number of rotatable bonds is 7. The molecule has 0 unspecified atom stereocenters. The van der Waals surface area contributed by atoms with Gasteiger partial charge in [-0.3, -0.25) is 19.2 Å². The largest absolute Gasteiger partial charge is 0.365 e. The summed E-state index contributed by atoms with van der Waals surface area (Å²) in [5.74, 6) is -0.798. The molecule has 1 fully saturated rings. The van der Waals surface area contributed by atoms with Crippen LogP contribution in [0.2, 0.25) is 0 Å². The van der Waals surface area contributed by atoms with Gasteiger partial charge in [0.05, 0.1) is 16.8 Å². The van der Waals surface area contributed by atoms with E-state index in [9.17, 15) is 19.2 Å². The van der Waals surface area contributed by atoms with Gasteiger partial charge in [-0.2, -0.15) is 5.10 Å². The van der Waals surface area contributed by atoms with Crippen LogP contribution in [0.25, 0.3) is 22.3 Å². The second-order valence-electron chi connectivity index (χ2n) is 8.57. The lowest BCUT2D eigenvalue weighted by atomic mass is 10.0. The normalized spacial score (nSPS) is 14.4. The first-order chi connectivity index (χ1) is 18.0. The number of hydrogen-bond acceptors (Lipinski definition) is 8. The third-order valence-electron chi connectivity index (χ3n) is 6.45. The predicted molar refractivity (Wildman–Crippen MR) is 134 cm³/mol. The van der Waals surface area contributed by atoms with E-state index in [1.54, 1.807) is 35.4 Å². The van der Waals surface area contributed by atoms with Crippen LogP contribution in [-0.4, -0.2) is 85.0 Å². The third kappa shape index (κ3) is 4.31. The zero-order chi connectivity index (χ0) is 25.9. The van der Waals surface area contributed by atoms with E-state index in [0.29, 0.717) is 47.9 Å². The number of benzene rings is 1. The highest BCUT2D eigenvalue weighted by Gasteiger charge is 2.30. The van der Waals surface area contributed by atoms with Gasteiger partial charge in [0.15, 0.2) is 18.4 Å². The van der Waals surface area contributed by atoms with Crippen LogP contribution in [0, 0.1) is 6.92 Å². The number of nitrogens with zero attached hydrogens (tertiary/aromatic N) is 6. The molecule has 0 spiro atoms. The lowest BCUT2D eigenvalue weighted by Gasteiger charge is -2.36. The summed E-state index contributed by atoms with van der Waals surface area (Å²) in [5, 5.41) is 4.70. The van der Waals surface area contributed by atoms with Gasteiger partial charge in [0.1, 0.15) is 12.7 Å². The van der Waals surface area contributed by atoms with E-state index in [1.165, 1.54) is 28.4 Å². The Balaban J connectivity index is 1.36. The van der Waals surface area contributed by atoms with E-state index in [4.69, 9.17) is 0 Å². The summed E-state index contributed by atoms with van der Waals surface area (Å²) in [5.41, 5.74) is 2.77. The van der Waals surface area contributed by atoms with E-state index in [-0.39, 0.29) is 29.9 Å². The molecule has 0 bridgehead atoms. The molecule has 3 aromatic heterocycles. The van der Waals surface area contributed by atoms with E-state index >= 15 is 0 Å². The molecule has 5 rings (SSSR count). The molecule has 1 saturated heterocycles. The molecule has 186 valence electrons. The molecule has 1 aliphatic rings. The number of hydrogen-bond donors (Lipinski definition) is 1. The predicted octanol–water partition coefficient (Wildman–Crippen LogP) is 1.59. The van der Waals surface area contributed by atoms with Gasteiger partial charge < -0.3 is 14.8 Å². The number of pyridine rings is 1. The quantitative estimate of drug-likeness (QED) is 0.176. The number of H-pyrrole nitrogens is 1. The van der Waals surface area contributed by atoms with Crippen molar-refractivity contribution in [2.75, 3.05) is 26.2 Å². The Bertz CT molecular complexity index is 1520. The highest BCUT2D eigenvalue weighted by molar-refractivity contribution is 6.45. The Hall–Kier alpha value is -4.93. The van der Waals surface area contributed by atoms with Crippen LogP contribution in [0.15, 0.2) is 61.1 Å². The fourth-order valence-corrected chi connectivity index (χ4v) is 4.58. The molecule has 11 heteroatoms. The van der Waals surface area contributed by atoms with Crippen LogP contribution in [0.4, 0.5) is 0 Å². The monoisotopic (exact) mass is 497 g/mol. The molecule has 1 aromatic carbocycles. The van der Waals surface area contributed by atoms with Crippen LogP contribution >= 0.6 is 0 Å². The molecule has 0 aliphatic carbocycles. The van der Waals surface area contributed by atoms with Gasteiger partial charge in [-0.25, -0.2) is 14.6 Å². The number of allylic oxidation sites excluding steroid dienone is 2. The van der Waals surface area contributed by atoms with Gasteiger partial charge in [-0.15, -0.1) is 0 Å². The fourth-order valence-electron chi connectivity index (χ4n) is 4.58. The molecule has 1 aliphatic heterocycles. The molecule has 1 N–H and O–H groups in total. The number of nitrogens with one attached hydrogen (secondary N) is 1. The van der Waals surface area contributed by atoms with Crippen molar-refractivity contribution in [3.05, 3.63) is 77.8 Å². The number of aromatic nitrogens is 5. The van der Waals surface area contributed by atoms with Gasteiger partial charge in [0, 0.05) is 49.5 Å². The van der Waals surface area contributed by atoms with Crippen molar-refractivity contribution in [1.29, 1.82) is 0 Å². The van der Waals surface area contributed by atoms with E-state index in [2.05, 4.69) is 20.1 Å². The maximum atomic E-state index is 13.3. The Labute approximate surface area is 211 Å². The number of piperazine rings is 1. The molecular formula is C26H23N7O4. The van der Waals surface area contributed by atoms with Crippen molar-refractivity contribution in [2.45, 2.75) is 6.92 Å². The summed E-state index contributed by atoms with van der Waals surface area (Å²) in [6.45, 7) is 2.90. The number of carbonyl (C=O) groups is 4. The number of carbonyl (C=O) groups excluding carboxylic acids is 4. The van der Waals surface area contributed by atoms with Gasteiger partial charge in [-0.1, -0.05) is 30.3 Å². The van der Waals surface area contributed by atoms with Crippen molar-refractivity contribution in [1.82, 2.24) is 34.5 Å². The summed E-state index contributed by atoms with van der Waals surface area (Å²) in [6, 6.07) is 8.94. The van der Waals surface area contributed by atoms with Crippen molar-refractivity contribution in [3.8, 4) is 5.82 Å². The first-order valence-corrected chi connectivity index (χ1v) is 11.6. The third-order valence-corrected chi connectivity index (χ3v) is 6.45. The Morgan fingerprint density at radius 1 is 1.00 bits per heavy atom. The first kappa shape index (κ1) is 23.8.